The van der Waals surface area contributed by atoms with E-state index in [1.54, 1.807) is 0 Å². The number of aliphatic carboxylic acids is 1. The Bertz CT molecular complexity index is 961. The summed E-state index contributed by atoms with van der Waals surface area (Å²) in [7, 11) is 0. The zero-order chi connectivity index (χ0) is 20.0. The first-order valence-corrected chi connectivity index (χ1v) is 10.8. The fourth-order valence-corrected chi connectivity index (χ4v) is 6.29. The Labute approximate surface area is 172 Å². The van der Waals surface area contributed by atoms with Crippen LogP contribution in [0.25, 0.3) is 0 Å². The highest BCUT2D eigenvalue weighted by Crippen LogP contribution is 2.61. The van der Waals surface area contributed by atoms with Gasteiger partial charge in [-0.1, -0.05) is 49.4 Å². The number of aryl methyl sites for hydroxylation is 1. The van der Waals surface area contributed by atoms with Gasteiger partial charge in [0.15, 0.2) is 0 Å². The van der Waals surface area contributed by atoms with Gasteiger partial charge < -0.3 is 9.84 Å². The van der Waals surface area contributed by atoms with Crippen molar-refractivity contribution in [3.05, 3.63) is 76.9 Å². The van der Waals surface area contributed by atoms with Crippen LogP contribution in [0.5, 0.6) is 5.75 Å². The number of benzene rings is 2. The van der Waals surface area contributed by atoms with Gasteiger partial charge in [-0.15, -0.1) is 0 Å². The van der Waals surface area contributed by atoms with Crippen LogP contribution in [0, 0.1) is 17.3 Å². The molecule has 0 bridgehead atoms. The van der Waals surface area contributed by atoms with E-state index in [-0.39, 0.29) is 5.41 Å². The van der Waals surface area contributed by atoms with Crippen LogP contribution in [-0.2, 0) is 17.8 Å². The minimum Gasteiger partial charge on any atom is -0.489 e. The molecule has 1 N–H and O–H groups in total. The number of fused-ring (bicyclic) bond motifs is 5. The van der Waals surface area contributed by atoms with Crippen molar-refractivity contribution in [3.63, 3.8) is 0 Å². The zero-order valence-electron chi connectivity index (χ0n) is 16.9. The van der Waals surface area contributed by atoms with Crippen molar-refractivity contribution in [1.29, 1.82) is 0 Å². The normalized spacial score (nSPS) is 30.0. The quantitative estimate of drug-likeness (QED) is 0.726. The van der Waals surface area contributed by atoms with Gasteiger partial charge in [0, 0.05) is 11.0 Å². The molecule has 5 rings (SSSR count). The Hall–Kier alpha value is -2.55. The summed E-state index contributed by atoms with van der Waals surface area (Å²) in [4.78, 5) is 11.7. The molecule has 1 fully saturated rings. The van der Waals surface area contributed by atoms with Crippen molar-refractivity contribution < 1.29 is 14.6 Å². The van der Waals surface area contributed by atoms with Gasteiger partial charge >= 0.3 is 5.97 Å². The molecule has 2 aromatic rings. The molecule has 0 aromatic heterocycles. The molecule has 3 aliphatic carbocycles. The smallest absolute Gasteiger partial charge is 0.331 e. The molecule has 3 aliphatic rings. The Morgan fingerprint density at radius 3 is 2.79 bits per heavy atom. The lowest BCUT2D eigenvalue weighted by Gasteiger charge is -2.49. The van der Waals surface area contributed by atoms with Crippen molar-refractivity contribution in [1.82, 2.24) is 0 Å². The van der Waals surface area contributed by atoms with Crippen LogP contribution < -0.4 is 4.74 Å². The molecule has 4 atom stereocenters. The third-order valence-corrected chi connectivity index (χ3v) is 7.76. The van der Waals surface area contributed by atoms with E-state index >= 15 is 0 Å². The van der Waals surface area contributed by atoms with E-state index in [0.29, 0.717) is 29.9 Å². The Kier molecular flexibility index (Phi) is 4.49. The molecule has 0 heterocycles. The molecule has 0 saturated heterocycles. The molecule has 0 spiro atoms. The number of carboxylic acids is 1. The summed E-state index contributed by atoms with van der Waals surface area (Å²) >= 11 is 0. The van der Waals surface area contributed by atoms with E-state index in [1.165, 1.54) is 16.7 Å². The summed E-state index contributed by atoms with van der Waals surface area (Å²) in [5.74, 6) is 1.84. The maximum Gasteiger partial charge on any atom is 0.331 e. The monoisotopic (exact) mass is 388 g/mol. The summed E-state index contributed by atoms with van der Waals surface area (Å²) < 4.78 is 6.05. The van der Waals surface area contributed by atoms with Crippen LogP contribution in [0.3, 0.4) is 0 Å². The van der Waals surface area contributed by atoms with E-state index in [9.17, 15) is 9.90 Å². The molecule has 0 aliphatic heterocycles. The van der Waals surface area contributed by atoms with Crippen LogP contribution in [-0.4, -0.2) is 11.1 Å². The SMILES string of the molecule is C[C@]12CC[C@@H]3c4ccc(OCc5ccccc5)cc4CC[C@H]3[C@@H]1CC=C2C(=O)O. The highest BCUT2D eigenvalue weighted by Gasteiger charge is 2.53. The first-order chi connectivity index (χ1) is 14.1. The van der Waals surface area contributed by atoms with E-state index in [4.69, 9.17) is 4.74 Å². The zero-order valence-corrected chi connectivity index (χ0v) is 16.9. The largest absolute Gasteiger partial charge is 0.489 e. The molecule has 0 unspecified atom stereocenters. The third kappa shape index (κ3) is 3.08. The van der Waals surface area contributed by atoms with Crippen LogP contribution in [0.4, 0.5) is 0 Å². The third-order valence-electron chi connectivity index (χ3n) is 7.76. The van der Waals surface area contributed by atoms with Crippen LogP contribution >= 0.6 is 0 Å². The molecule has 0 amide bonds. The van der Waals surface area contributed by atoms with Crippen molar-refractivity contribution in [3.8, 4) is 5.75 Å². The number of rotatable bonds is 4. The average molecular weight is 389 g/mol. The molecule has 150 valence electrons. The predicted octanol–water partition coefficient (Wildman–Crippen LogP) is 5.74. The molecular formula is C26H28O3. The maximum atomic E-state index is 11.7. The molecule has 0 radical (unpaired) electrons. The van der Waals surface area contributed by atoms with Crippen LogP contribution in [0.15, 0.2) is 60.2 Å². The fraction of sp³-hybridized carbons (Fsp3) is 0.423. The van der Waals surface area contributed by atoms with Crippen molar-refractivity contribution in [2.45, 2.75) is 51.6 Å². The van der Waals surface area contributed by atoms with Gasteiger partial charge in [0.1, 0.15) is 12.4 Å². The average Bonchev–Trinajstić information content (AvgIpc) is 3.10. The predicted molar refractivity (Wildman–Crippen MR) is 113 cm³/mol. The number of allylic oxidation sites excluding steroid dienone is 1. The van der Waals surface area contributed by atoms with Crippen molar-refractivity contribution in [2.24, 2.45) is 17.3 Å². The van der Waals surface area contributed by atoms with E-state index in [0.717, 1.165) is 37.9 Å². The first-order valence-electron chi connectivity index (χ1n) is 10.8. The van der Waals surface area contributed by atoms with E-state index < -0.39 is 5.97 Å². The minimum absolute atomic E-state index is 0.150. The summed E-state index contributed by atoms with van der Waals surface area (Å²) in [6.45, 7) is 2.78. The van der Waals surface area contributed by atoms with Crippen LogP contribution in [0.1, 0.15) is 55.2 Å². The standard InChI is InChI=1S/C26H28O3/c1-26-14-13-21-20-10-8-19(29-16-17-5-3-2-4-6-17)15-18(20)7-9-22(21)23(26)11-12-24(26)25(27)28/h2-6,8,10,12,15,21-23H,7,9,11,13-14,16H2,1H3,(H,27,28)/t21-,22-,23+,26+/m1/s1. The summed E-state index contributed by atoms with van der Waals surface area (Å²) in [6.07, 6.45) is 7.20. The Morgan fingerprint density at radius 1 is 1.17 bits per heavy atom. The maximum absolute atomic E-state index is 11.7. The van der Waals surface area contributed by atoms with Gasteiger partial charge in [0.05, 0.1) is 0 Å². The second-order valence-electron chi connectivity index (χ2n) is 9.17. The Morgan fingerprint density at radius 2 is 2.00 bits per heavy atom. The van der Waals surface area contributed by atoms with E-state index in [2.05, 4.69) is 37.3 Å². The molecule has 29 heavy (non-hydrogen) atoms. The second-order valence-corrected chi connectivity index (χ2v) is 9.17. The number of hydrogen-bond donors (Lipinski definition) is 1. The fourth-order valence-electron chi connectivity index (χ4n) is 6.29. The van der Waals surface area contributed by atoms with Gasteiger partial charge in [-0.3, -0.25) is 0 Å². The first kappa shape index (κ1) is 18.5. The number of ether oxygens (including phenoxy) is 1. The summed E-state index contributed by atoms with van der Waals surface area (Å²) in [5, 5.41) is 9.65. The molecule has 3 heteroatoms. The molecular weight excluding hydrogens is 360 g/mol. The molecule has 3 nitrogen and oxygen atoms in total. The lowest BCUT2D eigenvalue weighted by Crippen LogP contribution is -2.42. The summed E-state index contributed by atoms with van der Waals surface area (Å²) in [5.41, 5.74) is 4.59. The van der Waals surface area contributed by atoms with Gasteiger partial charge in [0.2, 0.25) is 0 Å². The van der Waals surface area contributed by atoms with Crippen molar-refractivity contribution >= 4 is 5.97 Å². The lowest BCUT2D eigenvalue weighted by atomic mass is 9.54. The summed E-state index contributed by atoms with van der Waals surface area (Å²) in [6, 6.07) is 16.9. The molecule has 2 aromatic carbocycles. The topological polar surface area (TPSA) is 46.5 Å². The van der Waals surface area contributed by atoms with Gasteiger partial charge in [0.25, 0.3) is 0 Å². The Balaban J connectivity index is 1.34. The minimum atomic E-state index is -0.718. The number of hydrogen-bond acceptors (Lipinski definition) is 2. The van der Waals surface area contributed by atoms with Gasteiger partial charge in [-0.05, 0) is 78.7 Å². The van der Waals surface area contributed by atoms with Gasteiger partial charge in [-0.25, -0.2) is 4.79 Å². The second kappa shape index (κ2) is 7.05. The lowest BCUT2D eigenvalue weighted by molar-refractivity contribution is -0.134. The highest BCUT2D eigenvalue weighted by molar-refractivity contribution is 5.89. The van der Waals surface area contributed by atoms with Gasteiger partial charge in [-0.2, -0.15) is 0 Å². The number of carboxylic acid groups (broad SMARTS) is 1. The van der Waals surface area contributed by atoms with E-state index in [1.807, 2.05) is 24.3 Å². The van der Waals surface area contributed by atoms with Crippen molar-refractivity contribution in [2.75, 3.05) is 0 Å². The molecule has 1 saturated carbocycles. The highest BCUT2D eigenvalue weighted by atomic mass is 16.5. The number of carbonyl (C=O) groups is 1. The van der Waals surface area contributed by atoms with Crippen LogP contribution in [0.2, 0.25) is 0 Å².